The number of nitrogens with two attached hydrogens (primary N) is 1. The van der Waals surface area contributed by atoms with Gasteiger partial charge in [0.1, 0.15) is 0 Å². The Hall–Kier alpha value is -0.730. The van der Waals surface area contributed by atoms with E-state index in [-0.39, 0.29) is 0 Å². The molecule has 2 nitrogen and oxygen atoms in total. The van der Waals surface area contributed by atoms with Crippen LogP contribution in [-0.4, -0.2) is 13.1 Å². The third-order valence-corrected chi connectivity index (χ3v) is 3.11. The lowest BCUT2D eigenvalue weighted by Crippen LogP contribution is -2.19. The molecule has 0 unspecified atom stereocenters. The Labute approximate surface area is 89.7 Å². The Bertz CT molecular complexity index is 334. The summed E-state index contributed by atoms with van der Waals surface area (Å²) in [5.41, 5.74) is 7.75. The highest BCUT2D eigenvalue weighted by Crippen LogP contribution is 2.32. The molecule has 0 spiro atoms. The molecule has 2 rings (SSSR count). The molecule has 2 N–H and O–H groups in total. The van der Waals surface area contributed by atoms with E-state index in [4.69, 9.17) is 17.3 Å². The van der Waals surface area contributed by atoms with E-state index in [1.54, 1.807) is 0 Å². The van der Waals surface area contributed by atoms with Crippen molar-refractivity contribution in [3.8, 4) is 0 Å². The topological polar surface area (TPSA) is 29.3 Å². The van der Waals surface area contributed by atoms with Gasteiger partial charge in [0, 0.05) is 30.3 Å². The van der Waals surface area contributed by atoms with Gasteiger partial charge in [-0.15, -0.1) is 0 Å². The van der Waals surface area contributed by atoms with Gasteiger partial charge in [0.05, 0.1) is 0 Å². The van der Waals surface area contributed by atoms with Crippen LogP contribution < -0.4 is 10.6 Å². The Balaban J connectivity index is 2.22. The Kier molecular flexibility index (Phi) is 2.66. The molecule has 0 heterocycles. The second-order valence-electron chi connectivity index (χ2n) is 3.82. The van der Waals surface area contributed by atoms with Gasteiger partial charge in [0.15, 0.2) is 0 Å². The summed E-state index contributed by atoms with van der Waals surface area (Å²) in [5.74, 6) is 0. The SMILES string of the molecule is CN(c1ccc(CN)c(Cl)c1)C1CC1. The number of hydrogen-bond donors (Lipinski definition) is 1. The molecule has 76 valence electrons. The van der Waals surface area contributed by atoms with Crippen LogP contribution in [0.1, 0.15) is 18.4 Å². The van der Waals surface area contributed by atoms with Crippen molar-refractivity contribution in [3.63, 3.8) is 0 Å². The second-order valence-corrected chi connectivity index (χ2v) is 4.23. The lowest BCUT2D eigenvalue weighted by Gasteiger charge is -2.19. The smallest absolute Gasteiger partial charge is 0.0471 e. The first-order valence-electron chi connectivity index (χ1n) is 4.93. The minimum absolute atomic E-state index is 0.506. The summed E-state index contributed by atoms with van der Waals surface area (Å²) in [5, 5.41) is 0.775. The van der Waals surface area contributed by atoms with Gasteiger partial charge in [-0.2, -0.15) is 0 Å². The summed E-state index contributed by atoms with van der Waals surface area (Å²) in [4.78, 5) is 2.28. The van der Waals surface area contributed by atoms with Gasteiger partial charge < -0.3 is 10.6 Å². The molecule has 1 aromatic rings. The first-order chi connectivity index (χ1) is 6.72. The molecule has 0 aliphatic heterocycles. The summed E-state index contributed by atoms with van der Waals surface area (Å²) in [6.07, 6.45) is 2.60. The Morgan fingerprint density at radius 3 is 2.71 bits per heavy atom. The molecule has 0 saturated heterocycles. The zero-order chi connectivity index (χ0) is 10.1. The molecular weight excluding hydrogens is 196 g/mol. The normalized spacial score (nSPS) is 15.6. The van der Waals surface area contributed by atoms with Gasteiger partial charge in [-0.05, 0) is 30.5 Å². The van der Waals surface area contributed by atoms with Crippen molar-refractivity contribution in [2.24, 2.45) is 5.73 Å². The molecule has 0 atom stereocenters. The highest BCUT2D eigenvalue weighted by atomic mass is 35.5. The molecule has 0 amide bonds. The molecule has 1 aliphatic carbocycles. The summed E-state index contributed by atoms with van der Waals surface area (Å²) >= 11 is 6.09. The summed E-state index contributed by atoms with van der Waals surface area (Å²) < 4.78 is 0. The number of halogens is 1. The fourth-order valence-corrected chi connectivity index (χ4v) is 1.85. The standard InChI is InChI=1S/C11H15ClN2/c1-14(9-4-5-9)10-3-2-8(7-13)11(12)6-10/h2-3,6,9H,4-5,7,13H2,1H3. The van der Waals surface area contributed by atoms with Crippen molar-refractivity contribution in [3.05, 3.63) is 28.8 Å². The van der Waals surface area contributed by atoms with E-state index >= 15 is 0 Å². The number of hydrogen-bond acceptors (Lipinski definition) is 2. The summed E-state index contributed by atoms with van der Waals surface area (Å²) in [6, 6.07) is 6.82. The molecule has 3 heteroatoms. The van der Waals surface area contributed by atoms with E-state index in [0.29, 0.717) is 6.54 Å². The van der Waals surface area contributed by atoms with E-state index in [2.05, 4.69) is 18.0 Å². The van der Waals surface area contributed by atoms with Crippen LogP contribution in [0.3, 0.4) is 0 Å². The monoisotopic (exact) mass is 210 g/mol. The molecular formula is C11H15ClN2. The van der Waals surface area contributed by atoms with Gasteiger partial charge >= 0.3 is 0 Å². The Morgan fingerprint density at radius 2 is 2.21 bits per heavy atom. The quantitative estimate of drug-likeness (QED) is 0.830. The van der Waals surface area contributed by atoms with Crippen molar-refractivity contribution in [1.29, 1.82) is 0 Å². The van der Waals surface area contributed by atoms with E-state index in [1.807, 2.05) is 12.1 Å². The van der Waals surface area contributed by atoms with Crippen LogP contribution in [0, 0.1) is 0 Å². The fraction of sp³-hybridized carbons (Fsp3) is 0.455. The maximum Gasteiger partial charge on any atom is 0.0471 e. The van der Waals surface area contributed by atoms with Crippen molar-refractivity contribution in [1.82, 2.24) is 0 Å². The van der Waals surface area contributed by atoms with E-state index < -0.39 is 0 Å². The van der Waals surface area contributed by atoms with Crippen LogP contribution in [-0.2, 0) is 6.54 Å². The van der Waals surface area contributed by atoms with Gasteiger partial charge in [0.2, 0.25) is 0 Å². The van der Waals surface area contributed by atoms with Crippen LogP contribution in [0.25, 0.3) is 0 Å². The predicted octanol–water partition coefficient (Wildman–Crippen LogP) is 2.40. The molecule has 1 aliphatic rings. The number of benzene rings is 1. The fourth-order valence-electron chi connectivity index (χ4n) is 1.59. The van der Waals surface area contributed by atoms with Crippen molar-refractivity contribution >= 4 is 17.3 Å². The van der Waals surface area contributed by atoms with Crippen LogP contribution in [0.4, 0.5) is 5.69 Å². The highest BCUT2D eigenvalue weighted by Gasteiger charge is 2.26. The minimum Gasteiger partial charge on any atom is -0.372 e. The lowest BCUT2D eigenvalue weighted by molar-refractivity contribution is 0.915. The van der Waals surface area contributed by atoms with Crippen LogP contribution in [0.15, 0.2) is 18.2 Å². The minimum atomic E-state index is 0.506. The maximum atomic E-state index is 6.09. The Morgan fingerprint density at radius 1 is 1.50 bits per heavy atom. The van der Waals surface area contributed by atoms with Gasteiger partial charge in [-0.25, -0.2) is 0 Å². The average molecular weight is 211 g/mol. The number of rotatable bonds is 3. The maximum absolute atomic E-state index is 6.09. The van der Waals surface area contributed by atoms with Gasteiger partial charge in [0.25, 0.3) is 0 Å². The number of nitrogens with zero attached hydrogens (tertiary/aromatic N) is 1. The molecule has 1 saturated carbocycles. The first kappa shape index (κ1) is 9.81. The molecule has 0 aromatic heterocycles. The molecule has 1 fully saturated rings. The molecule has 0 bridgehead atoms. The lowest BCUT2D eigenvalue weighted by atomic mass is 10.2. The van der Waals surface area contributed by atoms with Crippen LogP contribution in [0.2, 0.25) is 5.02 Å². The molecule has 1 aromatic carbocycles. The van der Waals surface area contributed by atoms with E-state index in [9.17, 15) is 0 Å². The largest absolute Gasteiger partial charge is 0.372 e. The second kappa shape index (κ2) is 3.79. The zero-order valence-corrected chi connectivity index (χ0v) is 9.09. The summed E-state index contributed by atoms with van der Waals surface area (Å²) in [7, 11) is 2.12. The van der Waals surface area contributed by atoms with Crippen molar-refractivity contribution < 1.29 is 0 Å². The number of anilines is 1. The average Bonchev–Trinajstić information content (AvgIpc) is 3.00. The first-order valence-corrected chi connectivity index (χ1v) is 5.31. The van der Waals surface area contributed by atoms with Gasteiger partial charge in [-0.1, -0.05) is 17.7 Å². The van der Waals surface area contributed by atoms with Crippen molar-refractivity contribution in [2.45, 2.75) is 25.4 Å². The van der Waals surface area contributed by atoms with Crippen LogP contribution >= 0.6 is 11.6 Å². The van der Waals surface area contributed by atoms with E-state index in [1.165, 1.54) is 18.5 Å². The summed E-state index contributed by atoms with van der Waals surface area (Å²) in [6.45, 7) is 0.506. The zero-order valence-electron chi connectivity index (χ0n) is 8.33. The van der Waals surface area contributed by atoms with Crippen LogP contribution in [0.5, 0.6) is 0 Å². The molecule has 0 radical (unpaired) electrons. The predicted molar refractivity (Wildman–Crippen MR) is 60.8 cm³/mol. The third kappa shape index (κ3) is 1.86. The van der Waals surface area contributed by atoms with E-state index in [0.717, 1.165) is 16.6 Å². The van der Waals surface area contributed by atoms with Gasteiger partial charge in [-0.3, -0.25) is 0 Å². The highest BCUT2D eigenvalue weighted by molar-refractivity contribution is 6.31. The van der Waals surface area contributed by atoms with Crippen molar-refractivity contribution in [2.75, 3.05) is 11.9 Å². The molecule has 14 heavy (non-hydrogen) atoms. The third-order valence-electron chi connectivity index (χ3n) is 2.76.